The third kappa shape index (κ3) is 2.13. The van der Waals surface area contributed by atoms with Gasteiger partial charge in [0.1, 0.15) is 5.56 Å². The summed E-state index contributed by atoms with van der Waals surface area (Å²) in [6, 6.07) is 7.40. The monoisotopic (exact) mass is 232 g/mol. The van der Waals surface area contributed by atoms with Gasteiger partial charge in [0.25, 0.3) is 0 Å². The van der Waals surface area contributed by atoms with E-state index in [-0.39, 0.29) is 11.3 Å². The highest BCUT2D eigenvalue weighted by Gasteiger charge is 2.16. The van der Waals surface area contributed by atoms with Gasteiger partial charge in [0, 0.05) is 25.3 Å². The average molecular weight is 232 g/mol. The summed E-state index contributed by atoms with van der Waals surface area (Å²) < 4.78 is 4.97. The number of carbonyl (C=O) groups is 1. The normalized spacial score (nSPS) is 10.2. The van der Waals surface area contributed by atoms with Crippen LogP contribution < -0.4 is 4.90 Å². The summed E-state index contributed by atoms with van der Waals surface area (Å²) in [5.74, 6) is -0.763. The van der Waals surface area contributed by atoms with Crippen LogP contribution in [0.4, 0.5) is 5.69 Å². The third-order valence-electron chi connectivity index (χ3n) is 2.45. The molecule has 2 aromatic rings. The Labute approximate surface area is 98.3 Å². The Morgan fingerprint density at radius 3 is 2.47 bits per heavy atom. The second kappa shape index (κ2) is 4.29. The Balaban J connectivity index is 2.40. The molecule has 0 spiro atoms. The second-order valence-electron chi connectivity index (χ2n) is 3.82. The lowest BCUT2D eigenvalue weighted by molar-refractivity contribution is 0.0697. The number of anilines is 1. The highest BCUT2D eigenvalue weighted by atomic mass is 16.5. The zero-order valence-electron chi connectivity index (χ0n) is 9.54. The number of hydrogen-bond acceptors (Lipinski definition) is 4. The zero-order chi connectivity index (χ0) is 12.4. The molecule has 0 saturated carbocycles. The minimum atomic E-state index is -1.04. The standard InChI is InChI=1S/C12H12N2O3/c1-14(2)9-5-3-8(4-6-9)11-10(12(15)16)7-13-17-11/h3-7H,1-2H3,(H,15,16). The number of benzene rings is 1. The van der Waals surface area contributed by atoms with Crippen molar-refractivity contribution in [3.63, 3.8) is 0 Å². The molecule has 0 aliphatic rings. The fourth-order valence-corrected chi connectivity index (χ4v) is 1.51. The van der Waals surface area contributed by atoms with Crippen molar-refractivity contribution in [1.82, 2.24) is 5.16 Å². The van der Waals surface area contributed by atoms with Crippen LogP contribution in [-0.4, -0.2) is 30.3 Å². The van der Waals surface area contributed by atoms with Crippen molar-refractivity contribution in [2.75, 3.05) is 19.0 Å². The minimum Gasteiger partial charge on any atom is -0.477 e. The van der Waals surface area contributed by atoms with Crippen molar-refractivity contribution in [2.45, 2.75) is 0 Å². The maximum absolute atomic E-state index is 10.9. The molecular weight excluding hydrogens is 220 g/mol. The van der Waals surface area contributed by atoms with Crippen LogP contribution in [0.1, 0.15) is 10.4 Å². The first kappa shape index (κ1) is 11.2. The summed E-state index contributed by atoms with van der Waals surface area (Å²) in [6.07, 6.45) is 1.21. The molecule has 1 aromatic carbocycles. The minimum absolute atomic E-state index is 0.0719. The summed E-state index contributed by atoms with van der Waals surface area (Å²) >= 11 is 0. The van der Waals surface area contributed by atoms with Gasteiger partial charge < -0.3 is 14.5 Å². The fourth-order valence-electron chi connectivity index (χ4n) is 1.51. The maximum atomic E-state index is 10.9. The van der Waals surface area contributed by atoms with E-state index in [1.807, 2.05) is 43.3 Å². The van der Waals surface area contributed by atoms with Crippen molar-refractivity contribution in [2.24, 2.45) is 0 Å². The van der Waals surface area contributed by atoms with Gasteiger partial charge in [0.15, 0.2) is 5.76 Å². The molecule has 0 aliphatic heterocycles. The summed E-state index contributed by atoms with van der Waals surface area (Å²) in [5.41, 5.74) is 1.80. The lowest BCUT2D eigenvalue weighted by Gasteiger charge is -2.12. The number of aromatic nitrogens is 1. The van der Waals surface area contributed by atoms with Gasteiger partial charge in [-0.25, -0.2) is 4.79 Å². The van der Waals surface area contributed by atoms with Crippen LogP contribution in [0.2, 0.25) is 0 Å². The second-order valence-corrected chi connectivity index (χ2v) is 3.82. The van der Waals surface area contributed by atoms with E-state index in [1.54, 1.807) is 0 Å². The van der Waals surface area contributed by atoms with Crippen LogP contribution in [0.3, 0.4) is 0 Å². The molecule has 88 valence electrons. The van der Waals surface area contributed by atoms with Crippen molar-refractivity contribution in [3.8, 4) is 11.3 Å². The predicted octanol–water partition coefficient (Wildman–Crippen LogP) is 2.11. The molecule has 0 fully saturated rings. The highest BCUT2D eigenvalue weighted by Crippen LogP contribution is 2.25. The predicted molar refractivity (Wildman–Crippen MR) is 63.2 cm³/mol. The molecule has 0 radical (unpaired) electrons. The zero-order valence-corrected chi connectivity index (χ0v) is 9.54. The van der Waals surface area contributed by atoms with Gasteiger partial charge in [0.2, 0.25) is 0 Å². The molecule has 0 saturated heterocycles. The van der Waals surface area contributed by atoms with Crippen LogP contribution >= 0.6 is 0 Å². The van der Waals surface area contributed by atoms with Gasteiger partial charge in [-0.05, 0) is 24.3 Å². The fraction of sp³-hybridized carbons (Fsp3) is 0.167. The largest absolute Gasteiger partial charge is 0.477 e. The lowest BCUT2D eigenvalue weighted by Crippen LogP contribution is -2.07. The Kier molecular flexibility index (Phi) is 2.82. The van der Waals surface area contributed by atoms with Crippen molar-refractivity contribution in [1.29, 1.82) is 0 Å². The van der Waals surface area contributed by atoms with E-state index in [0.29, 0.717) is 5.56 Å². The molecule has 1 heterocycles. The number of rotatable bonds is 3. The van der Waals surface area contributed by atoms with Crippen LogP contribution in [-0.2, 0) is 0 Å². The van der Waals surface area contributed by atoms with E-state index in [4.69, 9.17) is 9.63 Å². The van der Waals surface area contributed by atoms with E-state index >= 15 is 0 Å². The highest BCUT2D eigenvalue weighted by molar-refractivity contribution is 5.93. The summed E-state index contributed by atoms with van der Waals surface area (Å²) in [4.78, 5) is 12.9. The van der Waals surface area contributed by atoms with Gasteiger partial charge in [-0.2, -0.15) is 0 Å². The molecule has 17 heavy (non-hydrogen) atoms. The molecule has 0 unspecified atom stereocenters. The summed E-state index contributed by atoms with van der Waals surface area (Å²) in [5, 5.41) is 12.5. The van der Waals surface area contributed by atoms with E-state index in [9.17, 15) is 4.79 Å². The molecule has 0 amide bonds. The van der Waals surface area contributed by atoms with E-state index in [2.05, 4.69) is 5.16 Å². The van der Waals surface area contributed by atoms with Gasteiger partial charge in [-0.15, -0.1) is 0 Å². The van der Waals surface area contributed by atoms with Gasteiger partial charge >= 0.3 is 5.97 Å². The number of carboxylic acids is 1. The molecule has 0 atom stereocenters. The molecule has 0 aliphatic carbocycles. The van der Waals surface area contributed by atoms with Crippen LogP contribution in [0, 0.1) is 0 Å². The molecule has 1 aromatic heterocycles. The number of carboxylic acid groups (broad SMARTS) is 1. The number of aromatic carboxylic acids is 1. The smallest absolute Gasteiger partial charge is 0.341 e. The maximum Gasteiger partial charge on any atom is 0.341 e. The van der Waals surface area contributed by atoms with Crippen LogP contribution in [0.15, 0.2) is 35.0 Å². The van der Waals surface area contributed by atoms with Crippen molar-refractivity contribution in [3.05, 3.63) is 36.0 Å². The Hall–Kier alpha value is -2.30. The summed E-state index contributed by atoms with van der Waals surface area (Å²) in [6.45, 7) is 0. The first-order chi connectivity index (χ1) is 8.09. The van der Waals surface area contributed by atoms with E-state index < -0.39 is 5.97 Å². The molecule has 1 N–H and O–H groups in total. The van der Waals surface area contributed by atoms with Crippen LogP contribution in [0.5, 0.6) is 0 Å². The molecule has 5 heteroatoms. The Morgan fingerprint density at radius 1 is 1.29 bits per heavy atom. The molecule has 2 rings (SSSR count). The Bertz CT molecular complexity index is 529. The lowest BCUT2D eigenvalue weighted by atomic mass is 10.1. The van der Waals surface area contributed by atoms with Gasteiger partial charge in [-0.1, -0.05) is 5.16 Å². The molecular formula is C12H12N2O3. The van der Waals surface area contributed by atoms with Gasteiger partial charge in [0.05, 0.1) is 6.20 Å². The number of nitrogens with zero attached hydrogens (tertiary/aromatic N) is 2. The summed E-state index contributed by atoms with van der Waals surface area (Å²) in [7, 11) is 3.87. The third-order valence-corrected chi connectivity index (χ3v) is 2.45. The van der Waals surface area contributed by atoms with E-state index in [1.165, 1.54) is 6.20 Å². The first-order valence-corrected chi connectivity index (χ1v) is 5.05. The van der Waals surface area contributed by atoms with Gasteiger partial charge in [-0.3, -0.25) is 0 Å². The van der Waals surface area contributed by atoms with Crippen LogP contribution in [0.25, 0.3) is 11.3 Å². The van der Waals surface area contributed by atoms with Crippen molar-refractivity contribution >= 4 is 11.7 Å². The molecule has 0 bridgehead atoms. The first-order valence-electron chi connectivity index (χ1n) is 5.05. The molecule has 5 nitrogen and oxygen atoms in total. The Morgan fingerprint density at radius 2 is 1.94 bits per heavy atom. The van der Waals surface area contributed by atoms with Crippen molar-refractivity contribution < 1.29 is 14.4 Å². The average Bonchev–Trinajstić information content (AvgIpc) is 2.78. The SMILES string of the molecule is CN(C)c1ccc(-c2oncc2C(=O)O)cc1. The van der Waals surface area contributed by atoms with E-state index in [0.717, 1.165) is 5.69 Å². The quantitative estimate of drug-likeness (QED) is 0.877. The topological polar surface area (TPSA) is 66.6 Å². The number of hydrogen-bond donors (Lipinski definition) is 1.